The van der Waals surface area contributed by atoms with Crippen molar-refractivity contribution in [3.63, 3.8) is 0 Å². The summed E-state index contributed by atoms with van der Waals surface area (Å²) in [6.07, 6.45) is -3.08. The van der Waals surface area contributed by atoms with Gasteiger partial charge in [0.25, 0.3) is 10.0 Å². The van der Waals surface area contributed by atoms with Crippen LogP contribution in [-0.2, 0) is 32.3 Å². The Hall–Kier alpha value is -3.57. The standard InChI is InChI=1S/C32H37ClF3N3O4S/c1-5-7-18-37-31(41)29(6-2)38(20-24-11-9-8-10-23(24)4)30(40)21-39(44(42,43)26-15-12-22(3)13-16-26)25-14-17-28(33)27(19-25)32(34,35)36/h8-17,19,29H,5-7,18,20-21H2,1-4H3,(H,37,41). The van der Waals surface area contributed by atoms with Gasteiger partial charge in [-0.1, -0.05) is 73.8 Å². The SMILES string of the molecule is CCCCNC(=O)C(CC)N(Cc1ccccc1C)C(=O)CN(c1ccc(Cl)c(C(F)(F)F)c1)S(=O)(=O)c1ccc(C)cc1. The van der Waals surface area contributed by atoms with Gasteiger partial charge in [-0.3, -0.25) is 13.9 Å². The van der Waals surface area contributed by atoms with E-state index in [0.717, 1.165) is 41.7 Å². The Kier molecular flexibility index (Phi) is 11.9. The fourth-order valence-corrected chi connectivity index (χ4v) is 6.28. The normalized spacial score (nSPS) is 12.5. The van der Waals surface area contributed by atoms with E-state index < -0.39 is 56.9 Å². The number of hydrogen-bond acceptors (Lipinski definition) is 4. The summed E-state index contributed by atoms with van der Waals surface area (Å²) in [6.45, 7) is 6.83. The number of anilines is 1. The molecule has 238 valence electrons. The molecule has 1 atom stereocenters. The minimum atomic E-state index is -4.88. The molecule has 0 aliphatic rings. The summed E-state index contributed by atoms with van der Waals surface area (Å²) in [7, 11) is -4.55. The highest BCUT2D eigenvalue weighted by Gasteiger charge is 2.37. The van der Waals surface area contributed by atoms with Gasteiger partial charge in [-0.05, 0) is 68.1 Å². The van der Waals surface area contributed by atoms with Crippen LogP contribution in [-0.4, -0.2) is 44.3 Å². The molecule has 1 N–H and O–H groups in total. The molecule has 0 radical (unpaired) electrons. The summed E-state index contributed by atoms with van der Waals surface area (Å²) in [5.74, 6) is -1.16. The Balaban J connectivity index is 2.14. The first-order valence-corrected chi connectivity index (χ1v) is 16.1. The van der Waals surface area contributed by atoms with Crippen LogP contribution >= 0.6 is 11.6 Å². The second kappa shape index (κ2) is 14.9. The van der Waals surface area contributed by atoms with Crippen molar-refractivity contribution < 1.29 is 31.2 Å². The number of carbonyl (C=O) groups is 2. The average Bonchev–Trinajstić information content (AvgIpc) is 2.96. The molecule has 0 aliphatic heterocycles. The summed E-state index contributed by atoms with van der Waals surface area (Å²) >= 11 is 5.84. The van der Waals surface area contributed by atoms with Gasteiger partial charge in [0.15, 0.2) is 0 Å². The lowest BCUT2D eigenvalue weighted by atomic mass is 10.1. The van der Waals surface area contributed by atoms with Crippen molar-refractivity contribution in [2.75, 3.05) is 17.4 Å². The van der Waals surface area contributed by atoms with Gasteiger partial charge in [0, 0.05) is 13.1 Å². The molecule has 1 unspecified atom stereocenters. The fraction of sp³-hybridized carbons (Fsp3) is 0.375. The molecule has 0 aliphatic carbocycles. The van der Waals surface area contributed by atoms with Gasteiger partial charge in [0.05, 0.1) is 21.2 Å². The smallest absolute Gasteiger partial charge is 0.354 e. The Morgan fingerprint density at radius 2 is 1.64 bits per heavy atom. The summed E-state index contributed by atoms with van der Waals surface area (Å²) in [6, 6.07) is 14.7. The maximum atomic E-state index is 14.1. The predicted octanol–water partition coefficient (Wildman–Crippen LogP) is 6.89. The van der Waals surface area contributed by atoms with Gasteiger partial charge < -0.3 is 10.2 Å². The van der Waals surface area contributed by atoms with Crippen molar-refractivity contribution >= 4 is 39.1 Å². The predicted molar refractivity (Wildman–Crippen MR) is 166 cm³/mol. The monoisotopic (exact) mass is 651 g/mol. The number of benzene rings is 3. The second-order valence-corrected chi connectivity index (χ2v) is 12.8. The molecule has 3 aromatic carbocycles. The van der Waals surface area contributed by atoms with E-state index in [9.17, 15) is 31.2 Å². The maximum absolute atomic E-state index is 14.1. The van der Waals surface area contributed by atoms with Crippen molar-refractivity contribution in [3.05, 3.63) is 94.0 Å². The number of aryl methyl sites for hydroxylation is 2. The fourth-order valence-electron chi connectivity index (χ4n) is 4.65. The van der Waals surface area contributed by atoms with Crippen LogP contribution in [0.5, 0.6) is 0 Å². The highest BCUT2D eigenvalue weighted by molar-refractivity contribution is 7.92. The van der Waals surface area contributed by atoms with Crippen LogP contribution in [0.25, 0.3) is 0 Å². The molecule has 0 aromatic heterocycles. The van der Waals surface area contributed by atoms with Gasteiger partial charge in [-0.15, -0.1) is 0 Å². The highest BCUT2D eigenvalue weighted by atomic mass is 35.5. The Morgan fingerprint density at radius 1 is 0.977 bits per heavy atom. The molecule has 0 bridgehead atoms. The van der Waals surface area contributed by atoms with Crippen LogP contribution in [0, 0.1) is 13.8 Å². The number of unbranched alkanes of at least 4 members (excludes halogenated alkanes) is 1. The summed E-state index contributed by atoms with van der Waals surface area (Å²) in [5, 5.41) is 2.23. The van der Waals surface area contributed by atoms with Crippen LogP contribution in [0.2, 0.25) is 5.02 Å². The molecular formula is C32H37ClF3N3O4S. The highest BCUT2D eigenvalue weighted by Crippen LogP contribution is 2.38. The first kappa shape index (κ1) is 34.9. The molecule has 0 spiro atoms. The van der Waals surface area contributed by atoms with E-state index in [1.807, 2.05) is 26.0 Å². The molecule has 0 heterocycles. The topological polar surface area (TPSA) is 86.8 Å². The van der Waals surface area contributed by atoms with Gasteiger partial charge in [-0.2, -0.15) is 13.2 Å². The van der Waals surface area contributed by atoms with E-state index in [1.54, 1.807) is 38.1 Å². The van der Waals surface area contributed by atoms with Gasteiger partial charge in [0.2, 0.25) is 11.8 Å². The van der Waals surface area contributed by atoms with Gasteiger partial charge in [0.1, 0.15) is 12.6 Å². The molecule has 3 aromatic rings. The van der Waals surface area contributed by atoms with E-state index in [2.05, 4.69) is 5.32 Å². The number of nitrogens with one attached hydrogen (secondary N) is 1. The lowest BCUT2D eigenvalue weighted by Gasteiger charge is -2.33. The summed E-state index contributed by atoms with van der Waals surface area (Å²) < 4.78 is 70.0. The van der Waals surface area contributed by atoms with Crippen LogP contribution in [0.15, 0.2) is 71.6 Å². The summed E-state index contributed by atoms with van der Waals surface area (Å²) in [4.78, 5) is 28.5. The number of amides is 2. The first-order valence-electron chi connectivity index (χ1n) is 14.3. The summed E-state index contributed by atoms with van der Waals surface area (Å²) in [5.41, 5.74) is 0.711. The number of sulfonamides is 1. The zero-order chi connectivity index (χ0) is 32.7. The van der Waals surface area contributed by atoms with Gasteiger partial charge in [-0.25, -0.2) is 8.42 Å². The number of hydrogen-bond donors (Lipinski definition) is 1. The van der Waals surface area contributed by atoms with E-state index >= 15 is 0 Å². The maximum Gasteiger partial charge on any atom is 0.417 e. The Morgan fingerprint density at radius 3 is 2.23 bits per heavy atom. The van der Waals surface area contributed by atoms with Crippen LogP contribution in [0.3, 0.4) is 0 Å². The molecule has 0 saturated carbocycles. The average molecular weight is 652 g/mol. The van der Waals surface area contributed by atoms with E-state index in [1.165, 1.54) is 17.0 Å². The van der Waals surface area contributed by atoms with Crippen LogP contribution in [0.4, 0.5) is 18.9 Å². The Labute approximate surface area is 262 Å². The third-order valence-electron chi connectivity index (χ3n) is 7.25. The number of halogens is 4. The lowest BCUT2D eigenvalue weighted by Crippen LogP contribution is -2.52. The lowest BCUT2D eigenvalue weighted by molar-refractivity contribution is -0.140. The van der Waals surface area contributed by atoms with Crippen LogP contribution < -0.4 is 9.62 Å². The largest absolute Gasteiger partial charge is 0.417 e. The number of carbonyl (C=O) groups excluding carboxylic acids is 2. The number of rotatable bonds is 13. The molecule has 7 nitrogen and oxygen atoms in total. The van der Waals surface area contributed by atoms with Crippen molar-refractivity contribution in [3.8, 4) is 0 Å². The molecule has 12 heteroatoms. The quantitative estimate of drug-likeness (QED) is 0.204. The van der Waals surface area contributed by atoms with Crippen molar-refractivity contribution in [2.24, 2.45) is 0 Å². The van der Waals surface area contributed by atoms with Crippen molar-refractivity contribution in [1.82, 2.24) is 10.2 Å². The zero-order valence-corrected chi connectivity index (χ0v) is 26.7. The molecular weight excluding hydrogens is 615 g/mol. The third-order valence-corrected chi connectivity index (χ3v) is 9.37. The molecule has 3 rings (SSSR count). The first-order chi connectivity index (χ1) is 20.7. The molecule has 44 heavy (non-hydrogen) atoms. The number of nitrogens with zero attached hydrogens (tertiary/aromatic N) is 2. The zero-order valence-electron chi connectivity index (χ0n) is 25.1. The minimum absolute atomic E-state index is 0.0158. The van der Waals surface area contributed by atoms with E-state index in [-0.39, 0.29) is 17.9 Å². The van der Waals surface area contributed by atoms with Crippen LogP contribution in [0.1, 0.15) is 55.4 Å². The molecule has 2 amide bonds. The number of alkyl halides is 3. The molecule has 0 fully saturated rings. The molecule has 0 saturated heterocycles. The van der Waals surface area contributed by atoms with E-state index in [4.69, 9.17) is 11.6 Å². The van der Waals surface area contributed by atoms with Crippen molar-refractivity contribution in [2.45, 2.75) is 70.6 Å². The Bertz CT molecular complexity index is 1560. The third kappa shape index (κ3) is 8.53. The minimum Gasteiger partial charge on any atom is -0.354 e. The van der Waals surface area contributed by atoms with Crippen molar-refractivity contribution in [1.29, 1.82) is 0 Å². The van der Waals surface area contributed by atoms with Gasteiger partial charge >= 0.3 is 6.18 Å². The van der Waals surface area contributed by atoms with E-state index in [0.29, 0.717) is 16.9 Å². The second-order valence-electron chi connectivity index (χ2n) is 10.5.